The molecule has 34 heavy (non-hydrogen) atoms. The van der Waals surface area contributed by atoms with E-state index < -0.39 is 5.54 Å². The smallest absolute Gasteiger partial charge is 0.326 e. The number of carbonyl (C=O) groups excluding carboxylic acids is 2. The van der Waals surface area contributed by atoms with Crippen LogP contribution in [-0.4, -0.2) is 83.4 Å². The maximum Gasteiger partial charge on any atom is 0.326 e. The van der Waals surface area contributed by atoms with Gasteiger partial charge in [-0.25, -0.2) is 14.8 Å². The minimum absolute atomic E-state index is 0.0127. The fraction of sp³-hybridized carbons (Fsp3) is 0.480. The normalized spacial score (nSPS) is 24.5. The fourth-order valence-corrected chi connectivity index (χ4v) is 5.34. The zero-order chi connectivity index (χ0) is 24.5. The second kappa shape index (κ2) is 9.03. The van der Waals surface area contributed by atoms with Crippen molar-refractivity contribution in [1.29, 1.82) is 5.26 Å². The molecular weight excluding hydrogens is 430 g/mol. The molecule has 2 aromatic rings. The van der Waals surface area contributed by atoms with E-state index in [0.29, 0.717) is 12.4 Å². The lowest BCUT2D eigenvalue weighted by Crippen LogP contribution is -2.57. The summed E-state index contributed by atoms with van der Waals surface area (Å²) >= 11 is 0. The molecule has 1 saturated heterocycles. The number of likely N-dealkylation sites (N-methyl/N-ethyl adjacent to an activating group) is 1. The minimum atomic E-state index is -0.491. The molecule has 1 aliphatic carbocycles. The van der Waals surface area contributed by atoms with Gasteiger partial charge in [-0.1, -0.05) is 30.3 Å². The molecule has 0 radical (unpaired) electrons. The summed E-state index contributed by atoms with van der Waals surface area (Å²) in [5, 5.41) is 9.22. The number of aromatic nitrogens is 2. The Morgan fingerprint density at radius 1 is 1.09 bits per heavy atom. The second-order valence-electron chi connectivity index (χ2n) is 9.61. The van der Waals surface area contributed by atoms with Crippen LogP contribution in [0.25, 0.3) is 0 Å². The highest BCUT2D eigenvalue weighted by Gasteiger charge is 2.55. The maximum absolute atomic E-state index is 13.6. The van der Waals surface area contributed by atoms with Gasteiger partial charge in [0, 0.05) is 25.8 Å². The van der Waals surface area contributed by atoms with Gasteiger partial charge in [0.2, 0.25) is 11.7 Å². The molecule has 9 nitrogen and oxygen atoms in total. The van der Waals surface area contributed by atoms with Crippen LogP contribution in [0, 0.1) is 11.3 Å². The van der Waals surface area contributed by atoms with Crippen molar-refractivity contribution in [3.05, 3.63) is 54.0 Å². The Hall–Kier alpha value is -3.51. The molecule has 1 saturated carbocycles. The second-order valence-corrected chi connectivity index (χ2v) is 9.61. The van der Waals surface area contributed by atoms with Gasteiger partial charge >= 0.3 is 6.03 Å². The number of amides is 3. The average molecular weight is 462 g/mol. The van der Waals surface area contributed by atoms with E-state index in [4.69, 9.17) is 0 Å². The number of hydrogen-bond donors (Lipinski definition) is 0. The molecule has 1 spiro atoms. The molecule has 4 rings (SSSR count). The molecule has 1 aromatic carbocycles. The Kier molecular flexibility index (Phi) is 6.28. The predicted octanol–water partition coefficient (Wildman–Crippen LogP) is 2.45. The Balaban J connectivity index is 1.68. The van der Waals surface area contributed by atoms with Gasteiger partial charge in [0.1, 0.15) is 18.4 Å². The highest BCUT2D eigenvalue weighted by molar-refractivity contribution is 5.97. The van der Waals surface area contributed by atoms with Crippen LogP contribution in [0.5, 0.6) is 0 Å². The van der Waals surface area contributed by atoms with Crippen molar-refractivity contribution < 1.29 is 9.59 Å². The first-order valence-corrected chi connectivity index (χ1v) is 11.5. The van der Waals surface area contributed by atoms with Crippen LogP contribution in [0.2, 0.25) is 0 Å². The van der Waals surface area contributed by atoms with Crippen LogP contribution >= 0.6 is 0 Å². The highest BCUT2D eigenvalue weighted by atomic mass is 16.2. The van der Waals surface area contributed by atoms with Crippen LogP contribution in [0.15, 0.2) is 42.6 Å². The van der Waals surface area contributed by atoms with E-state index in [9.17, 15) is 14.9 Å². The molecule has 178 valence electrons. The predicted molar refractivity (Wildman–Crippen MR) is 128 cm³/mol. The van der Waals surface area contributed by atoms with Crippen molar-refractivity contribution in [1.82, 2.24) is 24.7 Å². The Labute approximate surface area is 200 Å². The quantitative estimate of drug-likeness (QED) is 0.679. The number of anilines is 1. The van der Waals surface area contributed by atoms with Gasteiger partial charge in [-0.3, -0.25) is 14.6 Å². The van der Waals surface area contributed by atoms with Crippen molar-refractivity contribution in [3.8, 4) is 6.07 Å². The lowest BCUT2D eigenvalue weighted by atomic mass is 9.68. The summed E-state index contributed by atoms with van der Waals surface area (Å²) in [4.78, 5) is 41.6. The van der Waals surface area contributed by atoms with E-state index in [1.165, 1.54) is 16.7 Å². The van der Waals surface area contributed by atoms with E-state index >= 15 is 0 Å². The maximum atomic E-state index is 13.6. The molecule has 2 fully saturated rings. The van der Waals surface area contributed by atoms with E-state index in [2.05, 4.69) is 53.2 Å². The fourth-order valence-electron chi connectivity index (χ4n) is 5.34. The number of carbonyl (C=O) groups is 2. The minimum Gasteiger partial charge on any atom is -0.347 e. The third-order valence-electron chi connectivity index (χ3n) is 7.47. The summed E-state index contributed by atoms with van der Waals surface area (Å²) in [5.41, 5.74) is 0.638. The van der Waals surface area contributed by atoms with Crippen molar-refractivity contribution in [3.63, 3.8) is 0 Å². The van der Waals surface area contributed by atoms with E-state index in [-0.39, 0.29) is 29.8 Å². The standard InChI is InChI=1S/C25H31N7O2/c1-29(2)22(33)17-32-23(34)31(21-10-15-27-20(16-26)28-21)18-24(32)11-13-25(14-12-24,30(3)4)19-8-6-5-7-9-19/h5-10,15H,11-14,17-18H2,1-4H3/t24-,25+. The number of hydrogen-bond acceptors (Lipinski definition) is 6. The molecule has 0 unspecified atom stereocenters. The van der Waals surface area contributed by atoms with Gasteiger partial charge in [0.25, 0.3) is 0 Å². The lowest BCUT2D eigenvalue weighted by molar-refractivity contribution is -0.130. The van der Waals surface area contributed by atoms with Crippen LogP contribution in [0.3, 0.4) is 0 Å². The van der Waals surface area contributed by atoms with Gasteiger partial charge < -0.3 is 9.80 Å². The third kappa shape index (κ3) is 3.99. The first-order valence-electron chi connectivity index (χ1n) is 11.5. The molecule has 2 aliphatic rings. The SMILES string of the molecule is CN(C)C(=O)CN1C(=O)N(c2ccnc(C#N)n2)C[C@]12CC[C@](c1ccccc1)(N(C)C)CC2. The third-order valence-corrected chi connectivity index (χ3v) is 7.47. The highest BCUT2D eigenvalue weighted by Crippen LogP contribution is 2.49. The number of nitriles is 1. The largest absolute Gasteiger partial charge is 0.347 e. The molecule has 0 bridgehead atoms. The topological polar surface area (TPSA) is 96.7 Å². The molecule has 9 heteroatoms. The van der Waals surface area contributed by atoms with E-state index in [0.717, 1.165) is 25.7 Å². The summed E-state index contributed by atoms with van der Waals surface area (Å²) in [6, 6.07) is 13.8. The number of nitrogens with zero attached hydrogens (tertiary/aromatic N) is 7. The van der Waals surface area contributed by atoms with E-state index in [1.54, 1.807) is 30.0 Å². The molecule has 1 aliphatic heterocycles. The van der Waals surface area contributed by atoms with Gasteiger partial charge in [-0.15, -0.1) is 0 Å². The summed E-state index contributed by atoms with van der Waals surface area (Å²) in [6.07, 6.45) is 4.69. The van der Waals surface area contributed by atoms with Crippen LogP contribution < -0.4 is 4.90 Å². The summed E-state index contributed by atoms with van der Waals surface area (Å²) in [7, 11) is 7.61. The van der Waals surface area contributed by atoms with Gasteiger partial charge in [-0.05, 0) is 51.4 Å². The molecule has 2 heterocycles. The van der Waals surface area contributed by atoms with Gasteiger partial charge in [0.15, 0.2) is 0 Å². The van der Waals surface area contributed by atoms with Crippen molar-refractivity contribution in [2.45, 2.75) is 36.8 Å². The first-order chi connectivity index (χ1) is 16.2. The van der Waals surface area contributed by atoms with Crippen molar-refractivity contribution in [2.24, 2.45) is 0 Å². The Bertz CT molecular complexity index is 1100. The molecule has 1 aromatic heterocycles. The van der Waals surface area contributed by atoms with Crippen LogP contribution in [0.1, 0.15) is 37.1 Å². The molecule has 0 N–H and O–H groups in total. The van der Waals surface area contributed by atoms with Crippen LogP contribution in [0.4, 0.5) is 10.6 Å². The molecule has 0 atom stereocenters. The summed E-state index contributed by atoms with van der Waals surface area (Å²) in [5.74, 6) is 0.284. The average Bonchev–Trinajstić information content (AvgIpc) is 3.11. The van der Waals surface area contributed by atoms with Gasteiger partial charge in [-0.2, -0.15) is 5.26 Å². The van der Waals surface area contributed by atoms with Crippen molar-refractivity contribution in [2.75, 3.05) is 46.2 Å². The van der Waals surface area contributed by atoms with Crippen LogP contribution in [-0.2, 0) is 10.3 Å². The summed E-state index contributed by atoms with van der Waals surface area (Å²) < 4.78 is 0. The molecular formula is C25H31N7O2. The van der Waals surface area contributed by atoms with E-state index in [1.807, 2.05) is 12.1 Å². The molecule has 3 amide bonds. The number of urea groups is 1. The lowest BCUT2D eigenvalue weighted by Gasteiger charge is -2.51. The van der Waals surface area contributed by atoms with Gasteiger partial charge in [0.05, 0.1) is 12.1 Å². The Morgan fingerprint density at radius 2 is 1.76 bits per heavy atom. The first kappa shape index (κ1) is 23.6. The summed E-state index contributed by atoms with van der Waals surface area (Å²) in [6.45, 7) is 0.436. The number of rotatable bonds is 5. The Morgan fingerprint density at radius 3 is 2.35 bits per heavy atom. The zero-order valence-corrected chi connectivity index (χ0v) is 20.2. The number of benzene rings is 1. The zero-order valence-electron chi connectivity index (χ0n) is 20.2. The monoisotopic (exact) mass is 461 g/mol. The van der Waals surface area contributed by atoms with Crippen molar-refractivity contribution >= 4 is 17.8 Å².